The summed E-state index contributed by atoms with van der Waals surface area (Å²) in [5, 5.41) is 15.0. The number of guanidine groups is 1. The first-order valence-electron chi connectivity index (χ1n) is 9.14. The second-order valence-electron chi connectivity index (χ2n) is 6.84. The summed E-state index contributed by atoms with van der Waals surface area (Å²) in [6.45, 7) is 2.66. The fourth-order valence-corrected chi connectivity index (χ4v) is 2.82. The minimum atomic E-state index is 0.126. The van der Waals surface area contributed by atoms with Gasteiger partial charge in [0.15, 0.2) is 6.19 Å². The maximum Gasteiger partial charge on any atom is 0.204 e. The number of nitrogens with zero attached hydrogens (tertiary/aromatic N) is 4. The lowest BCUT2D eigenvalue weighted by atomic mass is 10.1. The number of pyridine rings is 1. The summed E-state index contributed by atoms with van der Waals surface area (Å²) in [6.07, 6.45) is 7.30. The molecule has 0 radical (unpaired) electrons. The van der Waals surface area contributed by atoms with Crippen molar-refractivity contribution < 1.29 is 0 Å². The van der Waals surface area contributed by atoms with Crippen molar-refractivity contribution >= 4 is 5.96 Å². The summed E-state index contributed by atoms with van der Waals surface area (Å²) in [5.41, 5.74) is 2.42. The van der Waals surface area contributed by atoms with Crippen LogP contribution in [0.4, 0.5) is 0 Å². The number of nitriles is 1. The summed E-state index contributed by atoms with van der Waals surface area (Å²) in [4.78, 5) is 10.9. The number of likely N-dealkylation sites (N-methyl/N-ethyl adjacent to an activating group) is 1. The summed E-state index contributed by atoms with van der Waals surface area (Å²) in [7, 11) is 4.11. The van der Waals surface area contributed by atoms with Crippen molar-refractivity contribution in [2.75, 3.05) is 20.6 Å². The minimum absolute atomic E-state index is 0.126. The van der Waals surface area contributed by atoms with Crippen LogP contribution in [0.1, 0.15) is 18.1 Å². The Morgan fingerprint density at radius 3 is 2.52 bits per heavy atom. The zero-order chi connectivity index (χ0) is 19.5. The molecule has 142 valence electrons. The third-order valence-electron chi connectivity index (χ3n) is 4.33. The van der Waals surface area contributed by atoms with E-state index in [0.29, 0.717) is 12.5 Å². The Morgan fingerprint density at radius 1 is 1.15 bits per heavy atom. The molecule has 1 heterocycles. The normalized spacial score (nSPS) is 13.7. The van der Waals surface area contributed by atoms with Crippen molar-refractivity contribution in [2.45, 2.75) is 31.8 Å². The second kappa shape index (κ2) is 10.9. The lowest BCUT2D eigenvalue weighted by molar-refractivity contribution is 0.298. The first kappa shape index (κ1) is 20.4. The number of aromatic nitrogens is 1. The topological polar surface area (TPSA) is 76.3 Å². The van der Waals surface area contributed by atoms with Crippen molar-refractivity contribution in [3.63, 3.8) is 0 Å². The molecule has 27 heavy (non-hydrogen) atoms. The average molecular weight is 364 g/mol. The van der Waals surface area contributed by atoms with E-state index in [-0.39, 0.29) is 12.1 Å². The van der Waals surface area contributed by atoms with Gasteiger partial charge >= 0.3 is 0 Å². The molecule has 0 amide bonds. The summed E-state index contributed by atoms with van der Waals surface area (Å²) < 4.78 is 0. The molecule has 0 spiro atoms. The Labute approximate surface area is 162 Å². The van der Waals surface area contributed by atoms with E-state index in [1.54, 1.807) is 6.20 Å². The SMILES string of the molecule is CC(Cc1cccnc1)NC(=NCC(Cc1ccccc1)N(C)C)NC#N. The number of nitrogens with one attached hydrogen (secondary N) is 2. The van der Waals surface area contributed by atoms with Crippen LogP contribution in [-0.4, -0.2) is 48.6 Å². The largest absolute Gasteiger partial charge is 0.353 e. The molecular weight excluding hydrogens is 336 g/mol. The van der Waals surface area contributed by atoms with Crippen LogP contribution in [0, 0.1) is 11.5 Å². The van der Waals surface area contributed by atoms with E-state index in [1.165, 1.54) is 5.56 Å². The Kier molecular flexibility index (Phi) is 8.27. The molecule has 2 atom stereocenters. The summed E-state index contributed by atoms with van der Waals surface area (Å²) in [5.74, 6) is 0.508. The predicted molar refractivity (Wildman–Crippen MR) is 109 cm³/mol. The molecule has 2 N–H and O–H groups in total. The number of rotatable bonds is 8. The van der Waals surface area contributed by atoms with Crippen molar-refractivity contribution in [3.8, 4) is 6.19 Å². The van der Waals surface area contributed by atoms with Gasteiger partial charge in [-0.3, -0.25) is 15.3 Å². The van der Waals surface area contributed by atoms with Gasteiger partial charge in [-0.05, 0) is 51.1 Å². The zero-order valence-electron chi connectivity index (χ0n) is 16.3. The predicted octanol–water partition coefficient (Wildman–Crippen LogP) is 2.20. The molecule has 0 saturated heterocycles. The number of hydrogen-bond acceptors (Lipinski definition) is 4. The van der Waals surface area contributed by atoms with E-state index in [0.717, 1.165) is 18.4 Å². The van der Waals surface area contributed by atoms with Crippen molar-refractivity contribution in [3.05, 3.63) is 66.0 Å². The summed E-state index contributed by atoms with van der Waals surface area (Å²) in [6, 6.07) is 14.7. The molecule has 2 rings (SSSR count). The number of benzene rings is 1. The number of aliphatic imine (C=N–C) groups is 1. The highest BCUT2D eigenvalue weighted by molar-refractivity contribution is 5.81. The zero-order valence-corrected chi connectivity index (χ0v) is 16.3. The lowest BCUT2D eigenvalue weighted by Gasteiger charge is -2.23. The molecule has 2 aromatic rings. The molecule has 1 aromatic heterocycles. The highest BCUT2D eigenvalue weighted by Gasteiger charge is 2.13. The molecule has 6 nitrogen and oxygen atoms in total. The maximum absolute atomic E-state index is 9.05. The summed E-state index contributed by atoms with van der Waals surface area (Å²) >= 11 is 0. The van der Waals surface area contributed by atoms with Gasteiger partial charge in [0.1, 0.15) is 0 Å². The Hall–Kier alpha value is -2.91. The molecule has 0 aliphatic heterocycles. The quantitative estimate of drug-likeness (QED) is 0.325. The molecule has 0 fully saturated rings. The molecule has 1 aromatic carbocycles. The highest BCUT2D eigenvalue weighted by atomic mass is 15.2. The van der Waals surface area contributed by atoms with Crippen LogP contribution in [0.2, 0.25) is 0 Å². The Bertz CT molecular complexity index is 736. The van der Waals surface area contributed by atoms with E-state index < -0.39 is 0 Å². The van der Waals surface area contributed by atoms with Crippen LogP contribution < -0.4 is 10.6 Å². The van der Waals surface area contributed by atoms with Crippen molar-refractivity contribution in [1.29, 1.82) is 5.26 Å². The minimum Gasteiger partial charge on any atom is -0.353 e. The number of hydrogen-bond donors (Lipinski definition) is 2. The molecule has 0 saturated carbocycles. The smallest absolute Gasteiger partial charge is 0.204 e. The van der Waals surface area contributed by atoms with Crippen LogP contribution in [-0.2, 0) is 12.8 Å². The van der Waals surface area contributed by atoms with Gasteiger partial charge in [-0.2, -0.15) is 5.26 Å². The molecule has 6 heteroatoms. The van der Waals surface area contributed by atoms with E-state index >= 15 is 0 Å². The van der Waals surface area contributed by atoms with Crippen LogP contribution in [0.5, 0.6) is 0 Å². The van der Waals surface area contributed by atoms with E-state index in [9.17, 15) is 0 Å². The van der Waals surface area contributed by atoms with Gasteiger partial charge in [0.25, 0.3) is 0 Å². The van der Waals surface area contributed by atoms with Gasteiger partial charge in [-0.25, -0.2) is 0 Å². The molecule has 0 bridgehead atoms. The van der Waals surface area contributed by atoms with Gasteiger partial charge in [0.05, 0.1) is 6.54 Å². The second-order valence-corrected chi connectivity index (χ2v) is 6.84. The molecule has 0 aliphatic rings. The van der Waals surface area contributed by atoms with Crippen LogP contribution in [0.15, 0.2) is 59.9 Å². The highest BCUT2D eigenvalue weighted by Crippen LogP contribution is 2.07. The average Bonchev–Trinajstić information content (AvgIpc) is 2.66. The molecular formula is C21H28N6. The van der Waals surface area contributed by atoms with Crippen LogP contribution in [0.25, 0.3) is 0 Å². The van der Waals surface area contributed by atoms with E-state index in [1.807, 2.05) is 30.6 Å². The third kappa shape index (κ3) is 7.47. The van der Waals surface area contributed by atoms with Crippen LogP contribution >= 0.6 is 0 Å². The van der Waals surface area contributed by atoms with Gasteiger partial charge in [-0.1, -0.05) is 36.4 Å². The molecule has 0 aliphatic carbocycles. The molecule has 2 unspecified atom stereocenters. The van der Waals surface area contributed by atoms with Gasteiger partial charge in [0.2, 0.25) is 5.96 Å². The van der Waals surface area contributed by atoms with Crippen molar-refractivity contribution in [2.24, 2.45) is 4.99 Å². The van der Waals surface area contributed by atoms with Gasteiger partial charge in [-0.15, -0.1) is 0 Å². The lowest BCUT2D eigenvalue weighted by Crippen LogP contribution is -2.42. The van der Waals surface area contributed by atoms with Gasteiger partial charge in [0, 0.05) is 24.5 Å². The van der Waals surface area contributed by atoms with Crippen molar-refractivity contribution in [1.82, 2.24) is 20.5 Å². The fraction of sp³-hybridized carbons (Fsp3) is 0.381. The third-order valence-corrected chi connectivity index (χ3v) is 4.33. The first-order valence-corrected chi connectivity index (χ1v) is 9.14. The Balaban J connectivity index is 1.98. The first-order chi connectivity index (χ1) is 13.1. The van der Waals surface area contributed by atoms with Gasteiger partial charge < -0.3 is 10.2 Å². The van der Waals surface area contributed by atoms with E-state index in [2.05, 4.69) is 70.8 Å². The maximum atomic E-state index is 9.05. The standard InChI is InChI=1S/C21H28N6/c1-17(12-19-10-7-11-23-14-19)26-21(25-16-22)24-15-20(27(2)3)13-18-8-5-4-6-9-18/h4-11,14,17,20H,12-13,15H2,1-3H3,(H2,24,25,26). The monoisotopic (exact) mass is 364 g/mol. The van der Waals surface area contributed by atoms with Crippen LogP contribution in [0.3, 0.4) is 0 Å². The fourth-order valence-electron chi connectivity index (χ4n) is 2.82. The van der Waals surface area contributed by atoms with E-state index in [4.69, 9.17) is 5.26 Å². The Morgan fingerprint density at radius 2 is 1.89 bits per heavy atom.